The molecule has 0 amide bonds. The SMILES string of the molecule is CCOP(=O)(CC[C@@H](CC(=O)OCc1ccccc1)C(=O)OC)OCC. The summed E-state index contributed by atoms with van der Waals surface area (Å²) >= 11 is 0. The highest BCUT2D eigenvalue weighted by Gasteiger charge is 2.30. The molecule has 0 saturated heterocycles. The van der Waals surface area contributed by atoms with Gasteiger partial charge in [-0.15, -0.1) is 0 Å². The van der Waals surface area contributed by atoms with E-state index in [1.807, 2.05) is 30.3 Å². The molecule has 0 N–H and O–H groups in total. The van der Waals surface area contributed by atoms with Crippen molar-refractivity contribution in [2.24, 2.45) is 5.92 Å². The van der Waals surface area contributed by atoms with Gasteiger partial charge in [-0.3, -0.25) is 14.2 Å². The summed E-state index contributed by atoms with van der Waals surface area (Å²) in [4.78, 5) is 24.0. The van der Waals surface area contributed by atoms with E-state index in [2.05, 4.69) is 0 Å². The average molecular weight is 386 g/mol. The van der Waals surface area contributed by atoms with Crippen LogP contribution in [0.25, 0.3) is 0 Å². The van der Waals surface area contributed by atoms with Crippen LogP contribution in [0, 0.1) is 5.92 Å². The second kappa shape index (κ2) is 11.8. The number of hydrogen-bond donors (Lipinski definition) is 0. The maximum Gasteiger partial charge on any atom is 0.330 e. The van der Waals surface area contributed by atoms with E-state index in [-0.39, 0.29) is 38.8 Å². The molecule has 7 nitrogen and oxygen atoms in total. The van der Waals surface area contributed by atoms with E-state index in [1.165, 1.54) is 7.11 Å². The van der Waals surface area contributed by atoms with Crippen molar-refractivity contribution in [2.75, 3.05) is 26.5 Å². The van der Waals surface area contributed by atoms with Gasteiger partial charge in [-0.1, -0.05) is 30.3 Å². The summed E-state index contributed by atoms with van der Waals surface area (Å²) in [6.45, 7) is 4.03. The molecule has 1 atom stereocenters. The van der Waals surface area contributed by atoms with Gasteiger partial charge in [0.25, 0.3) is 0 Å². The molecule has 0 fully saturated rings. The minimum atomic E-state index is -3.29. The van der Waals surface area contributed by atoms with Crippen LogP contribution in [-0.4, -0.2) is 38.4 Å². The molecule has 146 valence electrons. The van der Waals surface area contributed by atoms with Crippen molar-refractivity contribution in [3.8, 4) is 0 Å². The molecular formula is C18H27O7P. The van der Waals surface area contributed by atoms with Gasteiger partial charge in [0.05, 0.1) is 38.8 Å². The average Bonchev–Trinajstić information content (AvgIpc) is 2.64. The Morgan fingerprint density at radius 3 is 2.23 bits per heavy atom. The van der Waals surface area contributed by atoms with Crippen molar-refractivity contribution >= 4 is 19.5 Å². The fraction of sp³-hybridized carbons (Fsp3) is 0.556. The fourth-order valence-electron chi connectivity index (χ4n) is 2.34. The first-order valence-electron chi connectivity index (χ1n) is 8.59. The van der Waals surface area contributed by atoms with Crippen LogP contribution in [0.2, 0.25) is 0 Å². The van der Waals surface area contributed by atoms with E-state index in [1.54, 1.807) is 13.8 Å². The van der Waals surface area contributed by atoms with E-state index < -0.39 is 25.5 Å². The number of hydrogen-bond acceptors (Lipinski definition) is 7. The summed E-state index contributed by atoms with van der Waals surface area (Å²) in [7, 11) is -2.04. The molecule has 0 radical (unpaired) electrons. The highest BCUT2D eigenvalue weighted by atomic mass is 31.2. The molecule has 1 rings (SSSR count). The Balaban J connectivity index is 2.61. The number of methoxy groups -OCH3 is 1. The number of benzene rings is 1. The molecule has 0 unspecified atom stereocenters. The van der Waals surface area contributed by atoms with Crippen molar-refractivity contribution < 1.29 is 32.7 Å². The number of carbonyl (C=O) groups is 2. The van der Waals surface area contributed by atoms with Crippen LogP contribution in [0.5, 0.6) is 0 Å². The molecule has 0 aliphatic rings. The van der Waals surface area contributed by atoms with Crippen LogP contribution in [0.3, 0.4) is 0 Å². The normalized spacial score (nSPS) is 12.4. The second-order valence-electron chi connectivity index (χ2n) is 5.53. The first kappa shape index (κ1) is 22.4. The first-order chi connectivity index (χ1) is 12.4. The third kappa shape index (κ3) is 8.13. The summed E-state index contributed by atoms with van der Waals surface area (Å²) in [6, 6.07) is 9.24. The third-order valence-corrected chi connectivity index (χ3v) is 5.70. The zero-order valence-corrected chi connectivity index (χ0v) is 16.4. The van der Waals surface area contributed by atoms with Crippen molar-refractivity contribution in [3.05, 3.63) is 35.9 Å². The van der Waals surface area contributed by atoms with Crippen LogP contribution in [0.15, 0.2) is 30.3 Å². The number of ether oxygens (including phenoxy) is 2. The van der Waals surface area contributed by atoms with Crippen LogP contribution >= 0.6 is 7.60 Å². The Kier molecular flexibility index (Phi) is 10.2. The Hall–Kier alpha value is -1.69. The largest absolute Gasteiger partial charge is 0.469 e. The zero-order chi connectivity index (χ0) is 19.4. The molecule has 0 aromatic heterocycles. The molecule has 0 saturated carbocycles. The molecule has 0 bridgehead atoms. The lowest BCUT2D eigenvalue weighted by molar-refractivity contribution is -0.154. The number of rotatable bonds is 12. The number of carbonyl (C=O) groups excluding carboxylic acids is 2. The molecule has 0 aliphatic heterocycles. The van der Waals surface area contributed by atoms with Crippen molar-refractivity contribution in [2.45, 2.75) is 33.3 Å². The highest BCUT2D eigenvalue weighted by Crippen LogP contribution is 2.49. The second-order valence-corrected chi connectivity index (χ2v) is 7.71. The van der Waals surface area contributed by atoms with Crippen LogP contribution in [0.1, 0.15) is 32.3 Å². The van der Waals surface area contributed by atoms with Gasteiger partial charge in [0.2, 0.25) is 0 Å². The van der Waals surface area contributed by atoms with Gasteiger partial charge in [-0.25, -0.2) is 0 Å². The van der Waals surface area contributed by atoms with Gasteiger partial charge in [-0.2, -0.15) is 0 Å². The van der Waals surface area contributed by atoms with E-state index in [9.17, 15) is 14.2 Å². The van der Waals surface area contributed by atoms with Crippen LogP contribution < -0.4 is 0 Å². The van der Waals surface area contributed by atoms with Gasteiger partial charge in [0.1, 0.15) is 6.61 Å². The predicted octanol–water partition coefficient (Wildman–Crippen LogP) is 3.57. The van der Waals surface area contributed by atoms with Crippen molar-refractivity contribution in [1.82, 2.24) is 0 Å². The van der Waals surface area contributed by atoms with E-state index in [0.29, 0.717) is 0 Å². The summed E-state index contributed by atoms with van der Waals surface area (Å²) in [5.41, 5.74) is 0.854. The fourth-order valence-corrected chi connectivity index (χ4v) is 4.09. The monoisotopic (exact) mass is 386 g/mol. The molecule has 1 aromatic carbocycles. The summed E-state index contributed by atoms with van der Waals surface area (Å²) in [6.07, 6.45) is 0.0164. The maximum atomic E-state index is 12.5. The molecule has 8 heteroatoms. The minimum Gasteiger partial charge on any atom is -0.469 e. The lowest BCUT2D eigenvalue weighted by atomic mass is 10.0. The molecule has 1 aromatic rings. The Bertz CT molecular complexity index is 593. The van der Waals surface area contributed by atoms with Crippen LogP contribution in [0.4, 0.5) is 0 Å². The molecule has 0 heterocycles. The molecule has 0 spiro atoms. The van der Waals surface area contributed by atoms with E-state index in [0.717, 1.165) is 5.56 Å². The van der Waals surface area contributed by atoms with Gasteiger partial charge in [0.15, 0.2) is 0 Å². The minimum absolute atomic E-state index is 0.0282. The van der Waals surface area contributed by atoms with E-state index in [4.69, 9.17) is 18.5 Å². The zero-order valence-electron chi connectivity index (χ0n) is 15.5. The smallest absolute Gasteiger partial charge is 0.330 e. The summed E-state index contributed by atoms with van der Waals surface area (Å²) in [5.74, 6) is -1.84. The Morgan fingerprint density at radius 1 is 1.08 bits per heavy atom. The van der Waals surface area contributed by atoms with Gasteiger partial charge >= 0.3 is 19.5 Å². The Morgan fingerprint density at radius 2 is 1.69 bits per heavy atom. The standard InChI is InChI=1S/C18H27O7P/c1-4-24-26(21,25-5-2)12-11-16(18(20)22-3)13-17(19)23-14-15-9-7-6-8-10-15/h6-10,16H,4-5,11-14H2,1-3H3/t16-/m0/s1. The molecular weight excluding hydrogens is 359 g/mol. The first-order valence-corrected chi connectivity index (χ1v) is 10.3. The van der Waals surface area contributed by atoms with Crippen molar-refractivity contribution in [1.29, 1.82) is 0 Å². The van der Waals surface area contributed by atoms with Crippen LogP contribution in [-0.2, 0) is 39.3 Å². The molecule has 0 aliphatic carbocycles. The lowest BCUT2D eigenvalue weighted by Gasteiger charge is -2.19. The highest BCUT2D eigenvalue weighted by molar-refractivity contribution is 7.53. The molecule has 26 heavy (non-hydrogen) atoms. The summed E-state index contributed by atoms with van der Waals surface area (Å²) in [5, 5.41) is 0. The quantitative estimate of drug-likeness (QED) is 0.401. The third-order valence-electron chi connectivity index (χ3n) is 3.59. The maximum absolute atomic E-state index is 12.5. The van der Waals surface area contributed by atoms with Gasteiger partial charge in [0, 0.05) is 0 Å². The lowest BCUT2D eigenvalue weighted by Crippen LogP contribution is -2.22. The number of esters is 2. The van der Waals surface area contributed by atoms with Gasteiger partial charge < -0.3 is 18.5 Å². The van der Waals surface area contributed by atoms with Gasteiger partial charge in [-0.05, 0) is 25.8 Å². The summed E-state index contributed by atoms with van der Waals surface area (Å²) < 4.78 is 32.9. The van der Waals surface area contributed by atoms with E-state index >= 15 is 0 Å². The topological polar surface area (TPSA) is 88.1 Å². The predicted molar refractivity (Wildman–Crippen MR) is 96.7 cm³/mol. The Labute approximate surface area is 154 Å². The van der Waals surface area contributed by atoms with Crippen molar-refractivity contribution in [3.63, 3.8) is 0 Å².